The lowest BCUT2D eigenvalue weighted by Gasteiger charge is -2.41. The smallest absolute Gasteiger partial charge is 0.410 e. The van der Waals surface area contributed by atoms with Gasteiger partial charge in [0.2, 0.25) is 0 Å². The van der Waals surface area contributed by atoms with Crippen LogP contribution in [0.3, 0.4) is 0 Å². The normalized spacial score (nSPS) is 19.5. The van der Waals surface area contributed by atoms with Crippen LogP contribution in [0, 0.1) is 17.1 Å². The summed E-state index contributed by atoms with van der Waals surface area (Å²) in [7, 11) is 0. The second-order valence-corrected chi connectivity index (χ2v) is 14.5. The average molecular weight is 671 g/mol. The Balaban J connectivity index is 1.30. The van der Waals surface area contributed by atoms with Crippen molar-refractivity contribution in [1.29, 1.82) is 5.26 Å². The van der Waals surface area contributed by atoms with Crippen LogP contribution in [0.15, 0.2) is 48.5 Å². The molecular formula is C37H40ClFN6O3. The molecule has 0 radical (unpaired) electrons. The number of piperazine rings is 1. The van der Waals surface area contributed by atoms with Gasteiger partial charge in [0, 0.05) is 41.0 Å². The van der Waals surface area contributed by atoms with Gasteiger partial charge in [0.15, 0.2) is 5.82 Å². The van der Waals surface area contributed by atoms with Gasteiger partial charge in [0.1, 0.15) is 23.5 Å². The predicted octanol–water partition coefficient (Wildman–Crippen LogP) is 7.59. The van der Waals surface area contributed by atoms with Gasteiger partial charge in [0.05, 0.1) is 24.1 Å². The van der Waals surface area contributed by atoms with Crippen molar-refractivity contribution in [3.05, 3.63) is 59.4 Å². The van der Waals surface area contributed by atoms with Crippen molar-refractivity contribution >= 4 is 45.2 Å². The first-order valence-electron chi connectivity index (χ1n) is 16.7. The van der Waals surface area contributed by atoms with Gasteiger partial charge in [-0.05, 0) is 82.6 Å². The van der Waals surface area contributed by atoms with Crippen LogP contribution in [-0.4, -0.2) is 82.4 Å². The van der Waals surface area contributed by atoms with Crippen molar-refractivity contribution in [2.45, 2.75) is 70.1 Å². The van der Waals surface area contributed by atoms with Gasteiger partial charge < -0.3 is 19.3 Å². The van der Waals surface area contributed by atoms with Crippen LogP contribution in [0.1, 0.15) is 52.9 Å². The van der Waals surface area contributed by atoms with Gasteiger partial charge in [-0.1, -0.05) is 48.0 Å². The van der Waals surface area contributed by atoms with E-state index in [0.29, 0.717) is 53.6 Å². The summed E-state index contributed by atoms with van der Waals surface area (Å²) in [6, 6.07) is 16.9. The number of carbonyl (C=O) groups excluding carboxylic acids is 1. The van der Waals surface area contributed by atoms with E-state index < -0.39 is 23.6 Å². The molecule has 0 unspecified atom stereocenters. The van der Waals surface area contributed by atoms with Gasteiger partial charge in [-0.15, -0.1) is 0 Å². The van der Waals surface area contributed by atoms with E-state index in [1.807, 2.05) is 68.1 Å². The second kappa shape index (κ2) is 12.7. The number of aromatic nitrogens is 2. The molecule has 1 atom stereocenters. The zero-order valence-electron chi connectivity index (χ0n) is 27.6. The van der Waals surface area contributed by atoms with Gasteiger partial charge in [0.25, 0.3) is 0 Å². The van der Waals surface area contributed by atoms with Crippen LogP contribution < -0.4 is 9.64 Å². The molecule has 11 heteroatoms. The van der Waals surface area contributed by atoms with Crippen LogP contribution in [0.25, 0.3) is 32.8 Å². The van der Waals surface area contributed by atoms with Crippen LogP contribution in [0.5, 0.6) is 6.01 Å². The highest BCUT2D eigenvalue weighted by molar-refractivity contribution is 6.36. The highest BCUT2D eigenvalue weighted by Gasteiger charge is 2.45. The Hall–Kier alpha value is -4.20. The molecule has 1 aromatic heterocycles. The number of nitrogens with zero attached hydrogens (tertiary/aromatic N) is 6. The van der Waals surface area contributed by atoms with Crippen molar-refractivity contribution < 1.29 is 18.7 Å². The zero-order chi connectivity index (χ0) is 33.6. The molecule has 3 aromatic carbocycles. The molecule has 0 saturated carbocycles. The Morgan fingerprint density at radius 2 is 1.79 bits per heavy atom. The van der Waals surface area contributed by atoms with E-state index in [0.717, 1.165) is 49.5 Å². The Morgan fingerprint density at radius 1 is 1.04 bits per heavy atom. The summed E-state index contributed by atoms with van der Waals surface area (Å²) in [5.74, 6) is 0.0197. The van der Waals surface area contributed by atoms with Crippen molar-refractivity contribution in [1.82, 2.24) is 19.8 Å². The molecule has 0 bridgehead atoms. The Labute approximate surface area is 285 Å². The standard InChI is InChI=1S/C37H40ClFN6O3/c1-36(2,3)48-35(46)45-21-20-43(22-25(45)14-17-40)33-28-13-12-27(26-10-4-8-24-9-5-11-29(38)30(24)26)31(39)32(28)41-34(42-33)47-23-37-15-6-18-44(37)19-7-16-37/h4-5,8-13,25H,6-7,14-16,18-23H2,1-3H3/t25-/m0/s1. The Kier molecular flexibility index (Phi) is 8.55. The number of carbonyl (C=O) groups is 1. The van der Waals surface area contributed by atoms with Gasteiger partial charge in [-0.2, -0.15) is 15.2 Å². The number of hydrogen-bond donors (Lipinski definition) is 0. The summed E-state index contributed by atoms with van der Waals surface area (Å²) >= 11 is 6.65. The lowest BCUT2D eigenvalue weighted by atomic mass is 9.95. The number of ether oxygens (including phenoxy) is 2. The zero-order valence-corrected chi connectivity index (χ0v) is 28.4. The minimum absolute atomic E-state index is 0.0461. The first kappa shape index (κ1) is 32.4. The van der Waals surface area contributed by atoms with E-state index in [1.54, 1.807) is 11.0 Å². The fourth-order valence-corrected chi connectivity index (χ4v) is 7.99. The molecule has 0 N–H and O–H groups in total. The van der Waals surface area contributed by atoms with Crippen LogP contribution in [-0.2, 0) is 4.74 Å². The second-order valence-electron chi connectivity index (χ2n) is 14.1. The Bertz CT molecular complexity index is 1910. The molecule has 3 saturated heterocycles. The third-order valence-electron chi connectivity index (χ3n) is 9.93. The number of fused-ring (bicyclic) bond motifs is 3. The average Bonchev–Trinajstić information content (AvgIpc) is 3.64. The maximum Gasteiger partial charge on any atom is 0.410 e. The fourth-order valence-electron chi connectivity index (χ4n) is 7.71. The fraction of sp³-hybridized carbons (Fsp3) is 0.459. The van der Waals surface area contributed by atoms with E-state index in [9.17, 15) is 10.1 Å². The molecule has 0 spiro atoms. The van der Waals surface area contributed by atoms with E-state index in [1.165, 1.54) is 0 Å². The van der Waals surface area contributed by atoms with Crippen LogP contribution >= 0.6 is 11.6 Å². The number of rotatable bonds is 6. The summed E-state index contributed by atoms with van der Waals surface area (Å²) in [4.78, 5) is 28.8. The van der Waals surface area contributed by atoms with Crippen molar-refractivity contribution in [2.75, 3.05) is 44.2 Å². The topological polar surface area (TPSA) is 94.8 Å². The summed E-state index contributed by atoms with van der Waals surface area (Å²) in [6.45, 7) is 9.05. The SMILES string of the molecule is CC(C)(C)OC(=O)N1CCN(c2nc(OCC34CCCN3CCC4)nc3c(F)c(-c4cccc5cccc(Cl)c45)ccc23)C[C@@H]1CC#N. The van der Waals surface area contributed by atoms with Crippen LogP contribution in [0.2, 0.25) is 5.02 Å². The van der Waals surface area contributed by atoms with Gasteiger partial charge in [-0.25, -0.2) is 9.18 Å². The third kappa shape index (κ3) is 5.99. The summed E-state index contributed by atoms with van der Waals surface area (Å²) < 4.78 is 28.9. The lowest BCUT2D eigenvalue weighted by molar-refractivity contribution is 0.0145. The highest BCUT2D eigenvalue weighted by atomic mass is 35.5. The van der Waals surface area contributed by atoms with Crippen LogP contribution in [0.4, 0.5) is 15.0 Å². The summed E-state index contributed by atoms with van der Waals surface area (Å²) in [5, 5.41) is 12.4. The van der Waals surface area contributed by atoms with E-state index in [4.69, 9.17) is 31.0 Å². The van der Waals surface area contributed by atoms with E-state index in [2.05, 4.69) is 11.0 Å². The maximum atomic E-state index is 16.9. The molecule has 7 rings (SSSR count). The van der Waals surface area contributed by atoms with Crippen molar-refractivity contribution in [2.24, 2.45) is 0 Å². The molecule has 3 aliphatic rings. The number of amides is 1. The van der Waals surface area contributed by atoms with Crippen molar-refractivity contribution in [3.8, 4) is 23.2 Å². The summed E-state index contributed by atoms with van der Waals surface area (Å²) in [6.07, 6.45) is 4.01. The monoisotopic (exact) mass is 670 g/mol. The first-order chi connectivity index (χ1) is 23.1. The van der Waals surface area contributed by atoms with Crippen molar-refractivity contribution in [3.63, 3.8) is 0 Å². The molecule has 48 heavy (non-hydrogen) atoms. The lowest BCUT2D eigenvalue weighted by Crippen LogP contribution is -2.56. The number of hydrogen-bond acceptors (Lipinski definition) is 8. The van der Waals surface area contributed by atoms with E-state index >= 15 is 4.39 Å². The maximum absolute atomic E-state index is 16.9. The molecule has 250 valence electrons. The predicted molar refractivity (Wildman–Crippen MR) is 185 cm³/mol. The number of nitriles is 1. The molecule has 3 aliphatic heterocycles. The molecule has 3 fully saturated rings. The molecule has 0 aliphatic carbocycles. The molecule has 4 heterocycles. The van der Waals surface area contributed by atoms with Gasteiger partial charge in [-0.3, -0.25) is 4.90 Å². The number of anilines is 1. The summed E-state index contributed by atoms with van der Waals surface area (Å²) in [5.41, 5.74) is 0.486. The first-order valence-corrected chi connectivity index (χ1v) is 17.1. The Morgan fingerprint density at radius 3 is 2.52 bits per heavy atom. The number of benzene rings is 3. The molecular weight excluding hydrogens is 631 g/mol. The molecule has 4 aromatic rings. The number of halogens is 2. The third-order valence-corrected chi connectivity index (χ3v) is 10.2. The quantitative estimate of drug-likeness (QED) is 0.207. The molecule has 1 amide bonds. The largest absolute Gasteiger partial charge is 0.461 e. The minimum Gasteiger partial charge on any atom is -0.461 e. The highest BCUT2D eigenvalue weighted by Crippen LogP contribution is 2.41. The van der Waals surface area contributed by atoms with E-state index in [-0.39, 0.29) is 23.5 Å². The molecule has 9 nitrogen and oxygen atoms in total. The minimum atomic E-state index is -0.669. The van der Waals surface area contributed by atoms with Gasteiger partial charge >= 0.3 is 12.1 Å².